The molecule has 0 radical (unpaired) electrons. The Hall–Kier alpha value is -6.50. The van der Waals surface area contributed by atoms with Crippen LogP contribution in [0.3, 0.4) is 0 Å². The molecule has 15 nitrogen and oxygen atoms in total. The molecule has 0 aliphatic carbocycles. The summed E-state index contributed by atoms with van der Waals surface area (Å²) in [5, 5.41) is 14.0. The summed E-state index contributed by atoms with van der Waals surface area (Å²) < 4.78 is 45.6. The summed E-state index contributed by atoms with van der Waals surface area (Å²) in [5.41, 5.74) is -0.217. The quantitative estimate of drug-likeness (QED) is 0.0771. The molecule has 0 atom stereocenters. The molecule has 18 heteroatoms. The van der Waals surface area contributed by atoms with Crippen LogP contribution in [0.4, 0.5) is 20.5 Å². The minimum atomic E-state index is -0.574. The van der Waals surface area contributed by atoms with Crippen LogP contribution in [0.25, 0.3) is 22.1 Å². The van der Waals surface area contributed by atoms with Gasteiger partial charge < -0.3 is 19.9 Å². The van der Waals surface area contributed by atoms with Crippen LogP contribution in [-0.2, 0) is 23.3 Å². The lowest BCUT2D eigenvalue weighted by Crippen LogP contribution is -2.19. The van der Waals surface area contributed by atoms with E-state index in [9.17, 15) is 23.5 Å². The van der Waals surface area contributed by atoms with Crippen molar-refractivity contribution in [3.05, 3.63) is 124 Å². The Morgan fingerprint density at radius 1 is 0.731 bits per heavy atom. The van der Waals surface area contributed by atoms with Crippen molar-refractivity contribution in [1.29, 1.82) is 0 Å². The second-order valence-corrected chi connectivity index (χ2v) is 11.2. The Kier molecular flexibility index (Phi) is 10.6. The van der Waals surface area contributed by atoms with Gasteiger partial charge in [-0.1, -0.05) is 24.3 Å². The molecule has 5 aromatic heterocycles. The third kappa shape index (κ3) is 7.78. The standard InChI is InChI=1S/C19H14FN5O3.C15H12FN3O4S/c1-25-17-11(9-15(18(25)27)28-14-7-3-2-5-12(14)20)10-22-19(24-17)23-16-13(26)6-4-8-21-16;1-19-13-9(8-17-15(18-13)24-23-21-2)7-12(14(19)20)22-11-6-4-3-5-10(11)16/h2-10,26H,1H3,(H,21,22,23,24);3-8H,1-2H3. The van der Waals surface area contributed by atoms with Gasteiger partial charge in [0.05, 0.1) is 7.11 Å². The molecule has 5 heterocycles. The molecule has 0 unspecified atom stereocenters. The van der Waals surface area contributed by atoms with Gasteiger partial charge in [0, 0.05) is 43.5 Å². The summed E-state index contributed by atoms with van der Waals surface area (Å²) in [6.07, 6.45) is 4.50. The maximum absolute atomic E-state index is 13.8. The van der Waals surface area contributed by atoms with Crippen LogP contribution in [0.15, 0.2) is 106 Å². The van der Waals surface area contributed by atoms with E-state index >= 15 is 0 Å². The fourth-order valence-corrected chi connectivity index (χ4v) is 4.97. The van der Waals surface area contributed by atoms with Gasteiger partial charge in [0.15, 0.2) is 46.2 Å². The fourth-order valence-electron chi connectivity index (χ4n) is 4.62. The topological polar surface area (TPSA) is 178 Å². The zero-order valence-corrected chi connectivity index (χ0v) is 28.2. The van der Waals surface area contributed by atoms with E-state index in [2.05, 4.69) is 35.1 Å². The van der Waals surface area contributed by atoms with E-state index in [1.165, 1.54) is 104 Å². The number of nitrogens with zero attached hydrogens (tertiary/aromatic N) is 7. The minimum Gasteiger partial charge on any atom is -0.504 e. The molecular formula is C34H26F2N8O7S. The summed E-state index contributed by atoms with van der Waals surface area (Å²) in [6.45, 7) is 0. The lowest BCUT2D eigenvalue weighted by Gasteiger charge is -2.11. The van der Waals surface area contributed by atoms with E-state index in [4.69, 9.17) is 13.8 Å². The zero-order chi connectivity index (χ0) is 36.8. The highest BCUT2D eigenvalue weighted by atomic mass is 32.2. The SMILES string of the molecule is COOSc1ncc2cc(Oc3ccccc3F)c(=O)n(C)c2n1.Cn1c(=O)c(Oc2ccccc2F)cc2cnc(Nc3ncccc3O)nc21. The number of rotatable bonds is 9. The van der Waals surface area contributed by atoms with Crippen LogP contribution in [0.5, 0.6) is 28.7 Å². The lowest BCUT2D eigenvalue weighted by molar-refractivity contribution is -0.160. The van der Waals surface area contributed by atoms with Crippen molar-refractivity contribution >= 4 is 45.9 Å². The number of nitrogens with one attached hydrogen (secondary N) is 1. The number of aromatic nitrogens is 7. The Balaban J connectivity index is 0.000000181. The maximum atomic E-state index is 13.8. The highest BCUT2D eigenvalue weighted by Crippen LogP contribution is 2.27. The van der Waals surface area contributed by atoms with Crippen molar-refractivity contribution in [3.63, 3.8) is 0 Å². The minimum absolute atomic E-state index is 0.0211. The number of ether oxygens (including phenoxy) is 2. The number of anilines is 2. The number of fused-ring (bicyclic) bond motifs is 2. The highest BCUT2D eigenvalue weighted by molar-refractivity contribution is 7.94. The molecule has 0 amide bonds. The highest BCUT2D eigenvalue weighted by Gasteiger charge is 2.15. The molecule has 7 rings (SSSR count). The zero-order valence-electron chi connectivity index (χ0n) is 27.4. The average Bonchev–Trinajstić information content (AvgIpc) is 3.15. The Labute approximate surface area is 296 Å². The molecule has 0 bridgehead atoms. The Morgan fingerprint density at radius 2 is 1.29 bits per heavy atom. The molecule has 52 heavy (non-hydrogen) atoms. The number of aryl methyl sites for hydroxylation is 2. The number of hydrogen-bond acceptors (Lipinski definition) is 14. The number of aromatic hydroxyl groups is 1. The van der Waals surface area contributed by atoms with Crippen molar-refractivity contribution in [3.8, 4) is 28.7 Å². The first-order valence-corrected chi connectivity index (χ1v) is 15.7. The number of para-hydroxylation sites is 2. The lowest BCUT2D eigenvalue weighted by atomic mass is 10.3. The van der Waals surface area contributed by atoms with Gasteiger partial charge in [0.1, 0.15) is 23.3 Å². The number of benzene rings is 2. The van der Waals surface area contributed by atoms with Crippen molar-refractivity contribution in [1.82, 2.24) is 34.1 Å². The van der Waals surface area contributed by atoms with Crippen LogP contribution in [0.1, 0.15) is 0 Å². The fraction of sp³-hybridized carbons (Fsp3) is 0.0882. The summed E-state index contributed by atoms with van der Waals surface area (Å²) in [7, 11) is 4.42. The van der Waals surface area contributed by atoms with Crippen LogP contribution in [-0.4, -0.2) is 46.3 Å². The van der Waals surface area contributed by atoms with E-state index in [1.54, 1.807) is 18.2 Å². The Morgan fingerprint density at radius 3 is 1.85 bits per heavy atom. The van der Waals surface area contributed by atoms with Gasteiger partial charge in [0.25, 0.3) is 11.1 Å². The molecule has 2 N–H and O–H groups in total. The molecular weight excluding hydrogens is 702 g/mol. The summed E-state index contributed by atoms with van der Waals surface area (Å²) >= 11 is 0.818. The molecule has 0 saturated carbocycles. The number of pyridine rings is 3. The number of halogens is 2. The van der Waals surface area contributed by atoms with Gasteiger partial charge in [-0.05, 0) is 48.5 Å². The van der Waals surface area contributed by atoms with Crippen molar-refractivity contribution in [2.75, 3.05) is 12.4 Å². The molecule has 264 valence electrons. The number of hydrogen-bond donors (Lipinski definition) is 2. The van der Waals surface area contributed by atoms with Gasteiger partial charge in [-0.2, -0.15) is 9.32 Å². The van der Waals surface area contributed by atoms with Crippen LogP contribution >= 0.6 is 12.0 Å². The van der Waals surface area contributed by atoms with Gasteiger partial charge in [-0.15, -0.1) is 0 Å². The van der Waals surface area contributed by atoms with E-state index in [0.29, 0.717) is 22.1 Å². The second-order valence-electron chi connectivity index (χ2n) is 10.5. The average molecular weight is 729 g/mol. The predicted molar refractivity (Wildman–Crippen MR) is 186 cm³/mol. The van der Waals surface area contributed by atoms with Gasteiger partial charge >= 0.3 is 0 Å². The van der Waals surface area contributed by atoms with E-state index in [1.807, 2.05) is 0 Å². The monoisotopic (exact) mass is 728 g/mol. The largest absolute Gasteiger partial charge is 0.504 e. The Bertz CT molecular complexity index is 2540. The summed E-state index contributed by atoms with van der Waals surface area (Å²) in [6, 6.07) is 17.6. The van der Waals surface area contributed by atoms with E-state index in [0.717, 1.165) is 12.0 Å². The summed E-state index contributed by atoms with van der Waals surface area (Å²) in [5.74, 6) is -1.01. The van der Waals surface area contributed by atoms with Crippen molar-refractivity contribution in [2.24, 2.45) is 14.1 Å². The smallest absolute Gasteiger partial charge is 0.294 e. The van der Waals surface area contributed by atoms with Crippen molar-refractivity contribution < 1.29 is 32.6 Å². The third-order valence-electron chi connectivity index (χ3n) is 7.12. The molecule has 2 aromatic carbocycles. The van der Waals surface area contributed by atoms with E-state index < -0.39 is 22.8 Å². The predicted octanol–water partition coefficient (Wildman–Crippen LogP) is 5.95. The third-order valence-corrected chi connectivity index (χ3v) is 7.67. The first kappa shape index (κ1) is 35.3. The van der Waals surface area contributed by atoms with E-state index in [-0.39, 0.29) is 45.7 Å². The normalized spacial score (nSPS) is 10.9. The molecule has 0 spiro atoms. The molecule has 0 saturated heterocycles. The van der Waals surface area contributed by atoms with Crippen molar-refractivity contribution in [2.45, 2.75) is 5.16 Å². The van der Waals surface area contributed by atoms with Gasteiger partial charge in [0.2, 0.25) is 11.1 Å². The second kappa shape index (κ2) is 15.6. The summed E-state index contributed by atoms with van der Waals surface area (Å²) in [4.78, 5) is 50.2. The molecule has 7 aromatic rings. The van der Waals surface area contributed by atoms with Gasteiger partial charge in [-0.25, -0.2) is 33.6 Å². The first-order valence-electron chi connectivity index (χ1n) is 15.0. The van der Waals surface area contributed by atoms with Crippen LogP contribution < -0.4 is 25.9 Å². The molecule has 0 aliphatic heterocycles. The molecule has 0 fully saturated rings. The molecule has 0 aliphatic rings. The van der Waals surface area contributed by atoms with Crippen LogP contribution in [0.2, 0.25) is 0 Å². The maximum Gasteiger partial charge on any atom is 0.294 e. The first-order chi connectivity index (χ1) is 25.1. The van der Waals surface area contributed by atoms with Gasteiger partial charge in [-0.3, -0.25) is 18.7 Å². The van der Waals surface area contributed by atoms with Crippen LogP contribution in [0, 0.1) is 11.6 Å².